The molecule has 0 bridgehead atoms. The third kappa shape index (κ3) is 3.37. The lowest BCUT2D eigenvalue weighted by molar-refractivity contribution is 0.537. The van der Waals surface area contributed by atoms with E-state index < -0.39 is 0 Å². The lowest BCUT2D eigenvalue weighted by Gasteiger charge is -2.17. The van der Waals surface area contributed by atoms with E-state index in [-0.39, 0.29) is 0 Å². The van der Waals surface area contributed by atoms with Gasteiger partial charge in [0.05, 0.1) is 5.51 Å². The van der Waals surface area contributed by atoms with E-state index in [1.54, 1.807) is 11.3 Å². The highest BCUT2D eigenvalue weighted by atomic mass is 32.1. The van der Waals surface area contributed by atoms with Crippen LogP contribution in [0, 0.1) is 6.92 Å². The van der Waals surface area contributed by atoms with E-state index in [1.165, 1.54) is 21.7 Å². The summed E-state index contributed by atoms with van der Waals surface area (Å²) >= 11 is 3.59. The molecule has 0 radical (unpaired) electrons. The fourth-order valence-electron chi connectivity index (χ4n) is 1.86. The predicted octanol–water partition coefficient (Wildman–Crippen LogP) is 3.80. The quantitative estimate of drug-likeness (QED) is 0.860. The van der Waals surface area contributed by atoms with Gasteiger partial charge in [0.25, 0.3) is 0 Å². The van der Waals surface area contributed by atoms with Gasteiger partial charge in [0.15, 0.2) is 0 Å². The zero-order valence-corrected chi connectivity index (χ0v) is 11.9. The molecule has 1 atom stereocenters. The molecule has 1 unspecified atom stereocenters. The molecule has 4 heteroatoms. The molecule has 0 aliphatic rings. The summed E-state index contributed by atoms with van der Waals surface area (Å²) in [5, 5.41) is 5.82. The third-order valence-electron chi connectivity index (χ3n) is 2.75. The fourth-order valence-corrected chi connectivity index (χ4v) is 3.51. The normalized spacial score (nSPS) is 12.8. The van der Waals surface area contributed by atoms with Crippen LogP contribution >= 0.6 is 22.7 Å². The smallest absolute Gasteiger partial charge is 0.0794 e. The van der Waals surface area contributed by atoms with E-state index in [4.69, 9.17) is 0 Å². The molecule has 0 aliphatic carbocycles. The summed E-state index contributed by atoms with van der Waals surface area (Å²) in [6, 6.07) is 2.64. The van der Waals surface area contributed by atoms with Crippen LogP contribution in [0.3, 0.4) is 0 Å². The van der Waals surface area contributed by atoms with Crippen LogP contribution in [0.15, 0.2) is 23.2 Å². The monoisotopic (exact) mass is 266 g/mol. The Bertz CT molecular complexity index is 434. The van der Waals surface area contributed by atoms with Gasteiger partial charge in [-0.15, -0.1) is 22.7 Å². The number of thiazole rings is 1. The van der Waals surface area contributed by atoms with Gasteiger partial charge in [-0.1, -0.05) is 6.92 Å². The number of hydrogen-bond donors (Lipinski definition) is 1. The molecule has 2 heterocycles. The van der Waals surface area contributed by atoms with Gasteiger partial charge in [-0.2, -0.15) is 0 Å². The minimum Gasteiger partial charge on any atom is -0.309 e. The molecule has 0 spiro atoms. The molecule has 0 fully saturated rings. The maximum Gasteiger partial charge on any atom is 0.0794 e. The van der Waals surface area contributed by atoms with Crippen molar-refractivity contribution in [3.8, 4) is 0 Å². The van der Waals surface area contributed by atoms with Crippen LogP contribution in [-0.2, 0) is 6.42 Å². The first-order chi connectivity index (χ1) is 8.31. The van der Waals surface area contributed by atoms with Crippen LogP contribution < -0.4 is 5.32 Å². The molecule has 2 nitrogen and oxygen atoms in total. The van der Waals surface area contributed by atoms with E-state index in [2.05, 4.69) is 35.6 Å². The summed E-state index contributed by atoms with van der Waals surface area (Å²) in [5.74, 6) is 0. The van der Waals surface area contributed by atoms with Crippen LogP contribution in [-0.4, -0.2) is 11.5 Å². The average Bonchev–Trinajstić information content (AvgIpc) is 2.95. The first-order valence-electron chi connectivity index (χ1n) is 5.96. The minimum atomic E-state index is 0.440. The molecule has 92 valence electrons. The summed E-state index contributed by atoms with van der Waals surface area (Å²) in [7, 11) is 0. The van der Waals surface area contributed by atoms with Gasteiger partial charge in [0, 0.05) is 28.4 Å². The fraction of sp³-hybridized carbons (Fsp3) is 0.462. The van der Waals surface area contributed by atoms with Gasteiger partial charge in [0.1, 0.15) is 0 Å². The minimum absolute atomic E-state index is 0.440. The number of rotatable bonds is 6. The van der Waals surface area contributed by atoms with Crippen molar-refractivity contribution in [2.24, 2.45) is 0 Å². The first-order valence-corrected chi connectivity index (χ1v) is 7.72. The van der Waals surface area contributed by atoms with Crippen molar-refractivity contribution >= 4 is 22.7 Å². The molecule has 1 N–H and O–H groups in total. The van der Waals surface area contributed by atoms with Crippen molar-refractivity contribution in [2.45, 2.75) is 32.7 Å². The number of nitrogens with zero attached hydrogens (tertiary/aromatic N) is 1. The summed E-state index contributed by atoms with van der Waals surface area (Å²) in [6.45, 7) is 5.47. The highest BCUT2D eigenvalue weighted by Crippen LogP contribution is 2.27. The maximum absolute atomic E-state index is 4.15. The van der Waals surface area contributed by atoms with Crippen LogP contribution in [0.5, 0.6) is 0 Å². The lowest BCUT2D eigenvalue weighted by atomic mass is 10.1. The molecule has 2 aromatic rings. The van der Waals surface area contributed by atoms with Gasteiger partial charge in [-0.3, -0.25) is 4.98 Å². The van der Waals surface area contributed by atoms with E-state index in [0.717, 1.165) is 13.0 Å². The first kappa shape index (κ1) is 12.7. The Morgan fingerprint density at radius 3 is 2.88 bits per heavy atom. The predicted molar refractivity (Wildman–Crippen MR) is 75.9 cm³/mol. The van der Waals surface area contributed by atoms with Gasteiger partial charge >= 0.3 is 0 Å². The number of thiophene rings is 1. The molecular weight excluding hydrogens is 248 g/mol. The third-order valence-corrected chi connectivity index (χ3v) is 4.68. The summed E-state index contributed by atoms with van der Waals surface area (Å²) in [4.78, 5) is 6.97. The van der Waals surface area contributed by atoms with Gasteiger partial charge in [0.2, 0.25) is 0 Å². The second-order valence-corrected chi connectivity index (χ2v) is 6.07. The number of aryl methyl sites for hydroxylation is 1. The van der Waals surface area contributed by atoms with E-state index in [0.29, 0.717) is 6.04 Å². The van der Waals surface area contributed by atoms with Gasteiger partial charge < -0.3 is 5.32 Å². The molecule has 2 aromatic heterocycles. The summed E-state index contributed by atoms with van der Waals surface area (Å²) in [5.41, 5.74) is 3.31. The molecule has 0 amide bonds. The van der Waals surface area contributed by atoms with Crippen LogP contribution in [0.25, 0.3) is 0 Å². The van der Waals surface area contributed by atoms with Crippen molar-refractivity contribution in [3.05, 3.63) is 38.5 Å². The summed E-state index contributed by atoms with van der Waals surface area (Å²) in [6.07, 6.45) is 4.20. The highest BCUT2D eigenvalue weighted by Gasteiger charge is 2.15. The lowest BCUT2D eigenvalue weighted by Crippen LogP contribution is -2.23. The topological polar surface area (TPSA) is 24.9 Å². The van der Waals surface area contributed by atoms with Gasteiger partial charge in [-0.25, -0.2) is 0 Å². The van der Waals surface area contributed by atoms with E-state index in [1.807, 2.05) is 23.0 Å². The van der Waals surface area contributed by atoms with Crippen LogP contribution in [0.1, 0.15) is 34.7 Å². The van der Waals surface area contributed by atoms with E-state index >= 15 is 0 Å². The van der Waals surface area contributed by atoms with E-state index in [9.17, 15) is 0 Å². The summed E-state index contributed by atoms with van der Waals surface area (Å²) < 4.78 is 0. The average molecular weight is 266 g/mol. The standard InChI is InChI=1S/C13H18N2S2/c1-3-5-15-12(7-11-8-14-9-17-11)13-10(2)4-6-16-13/h4,6,8-9,12,15H,3,5,7H2,1-2H3. The Labute approximate surface area is 111 Å². The zero-order chi connectivity index (χ0) is 12.1. The molecule has 0 saturated carbocycles. The largest absolute Gasteiger partial charge is 0.309 e. The molecule has 17 heavy (non-hydrogen) atoms. The second kappa shape index (κ2) is 6.28. The zero-order valence-electron chi connectivity index (χ0n) is 10.3. The SMILES string of the molecule is CCCNC(Cc1cncs1)c1sccc1C. The van der Waals surface area contributed by atoms with Crippen molar-refractivity contribution in [1.82, 2.24) is 10.3 Å². The Morgan fingerprint density at radius 2 is 2.29 bits per heavy atom. The second-order valence-electron chi connectivity index (χ2n) is 4.15. The Kier molecular flexibility index (Phi) is 4.71. The van der Waals surface area contributed by atoms with Crippen molar-refractivity contribution in [2.75, 3.05) is 6.54 Å². The Hall–Kier alpha value is -0.710. The van der Waals surface area contributed by atoms with Crippen molar-refractivity contribution in [3.63, 3.8) is 0 Å². The maximum atomic E-state index is 4.15. The Morgan fingerprint density at radius 1 is 1.41 bits per heavy atom. The van der Waals surface area contributed by atoms with Crippen LogP contribution in [0.4, 0.5) is 0 Å². The number of aromatic nitrogens is 1. The highest BCUT2D eigenvalue weighted by molar-refractivity contribution is 7.10. The van der Waals surface area contributed by atoms with Gasteiger partial charge in [-0.05, 0) is 36.9 Å². The Balaban J connectivity index is 2.11. The molecule has 0 saturated heterocycles. The molecule has 0 aromatic carbocycles. The van der Waals surface area contributed by atoms with Crippen molar-refractivity contribution in [1.29, 1.82) is 0 Å². The number of hydrogen-bond acceptors (Lipinski definition) is 4. The molecular formula is C13H18N2S2. The van der Waals surface area contributed by atoms with Crippen molar-refractivity contribution < 1.29 is 0 Å². The molecule has 2 rings (SSSR count). The number of nitrogens with one attached hydrogen (secondary N) is 1. The van der Waals surface area contributed by atoms with Crippen LogP contribution in [0.2, 0.25) is 0 Å². The molecule has 0 aliphatic heterocycles.